The standard InChI is InChI=1S/C4H9N2O/c1-7-4-2-5-6-3-4/h2,4-6H,3H2,1H3. The summed E-state index contributed by atoms with van der Waals surface area (Å²) in [7, 11) is 1.69. The van der Waals surface area contributed by atoms with Crippen molar-refractivity contribution in [2.24, 2.45) is 0 Å². The highest BCUT2D eigenvalue weighted by molar-refractivity contribution is 4.80. The van der Waals surface area contributed by atoms with E-state index in [1.807, 2.05) is 6.54 Å². The van der Waals surface area contributed by atoms with E-state index in [0.717, 1.165) is 6.54 Å². The van der Waals surface area contributed by atoms with Crippen LogP contribution in [0.5, 0.6) is 0 Å². The van der Waals surface area contributed by atoms with Crippen molar-refractivity contribution in [1.82, 2.24) is 10.9 Å². The lowest BCUT2D eigenvalue weighted by atomic mass is 10.4. The zero-order valence-corrected chi connectivity index (χ0v) is 4.27. The van der Waals surface area contributed by atoms with Crippen LogP contribution in [0.25, 0.3) is 0 Å². The van der Waals surface area contributed by atoms with Gasteiger partial charge in [0.05, 0.1) is 12.6 Å². The molecule has 0 bridgehead atoms. The molecule has 0 amide bonds. The lowest BCUT2D eigenvalue weighted by molar-refractivity contribution is 0.143. The fourth-order valence-electron chi connectivity index (χ4n) is 0.522. The number of hydrogen-bond donors (Lipinski definition) is 2. The Balaban J connectivity index is 2.14. The number of nitrogens with one attached hydrogen (secondary N) is 2. The molecule has 1 aliphatic heterocycles. The second-order valence-electron chi connectivity index (χ2n) is 1.47. The first-order valence-electron chi connectivity index (χ1n) is 2.28. The van der Waals surface area contributed by atoms with Crippen molar-refractivity contribution in [2.45, 2.75) is 6.10 Å². The smallest absolute Gasteiger partial charge is 0.0892 e. The molecule has 3 nitrogen and oxygen atoms in total. The Kier molecular flexibility index (Phi) is 1.62. The van der Waals surface area contributed by atoms with E-state index in [0.29, 0.717) is 0 Å². The number of hydrogen-bond acceptors (Lipinski definition) is 3. The molecule has 1 aliphatic rings. The van der Waals surface area contributed by atoms with Crippen LogP contribution in [0.2, 0.25) is 0 Å². The van der Waals surface area contributed by atoms with Gasteiger partial charge in [-0.1, -0.05) is 0 Å². The fraction of sp³-hybridized carbons (Fsp3) is 0.750. The first kappa shape index (κ1) is 5.03. The van der Waals surface area contributed by atoms with Crippen LogP contribution in [0.15, 0.2) is 0 Å². The molecule has 0 aliphatic carbocycles. The summed E-state index contributed by atoms with van der Waals surface area (Å²) in [6.07, 6.45) is 0.250. The molecule has 3 heteroatoms. The van der Waals surface area contributed by atoms with Crippen LogP contribution in [0, 0.1) is 6.54 Å². The van der Waals surface area contributed by atoms with Crippen LogP contribution >= 0.6 is 0 Å². The summed E-state index contributed by atoms with van der Waals surface area (Å²) in [6, 6.07) is 0. The zero-order valence-electron chi connectivity index (χ0n) is 4.27. The first-order valence-corrected chi connectivity index (χ1v) is 2.28. The molecule has 2 N–H and O–H groups in total. The lowest BCUT2D eigenvalue weighted by Crippen LogP contribution is -2.19. The summed E-state index contributed by atoms with van der Waals surface area (Å²) in [6.45, 7) is 2.75. The van der Waals surface area contributed by atoms with Crippen molar-refractivity contribution >= 4 is 0 Å². The summed E-state index contributed by atoms with van der Waals surface area (Å²) < 4.78 is 4.93. The van der Waals surface area contributed by atoms with Gasteiger partial charge in [-0.3, -0.25) is 10.9 Å². The molecule has 0 aromatic heterocycles. The molecule has 1 saturated heterocycles. The van der Waals surface area contributed by atoms with Gasteiger partial charge in [-0.15, -0.1) is 0 Å². The maximum atomic E-state index is 4.93. The third-order valence-electron chi connectivity index (χ3n) is 0.977. The largest absolute Gasteiger partial charge is 0.378 e. The van der Waals surface area contributed by atoms with Crippen molar-refractivity contribution in [2.75, 3.05) is 13.7 Å². The van der Waals surface area contributed by atoms with Crippen molar-refractivity contribution in [3.8, 4) is 0 Å². The minimum absolute atomic E-state index is 0.250. The molecular weight excluding hydrogens is 92.1 g/mol. The van der Waals surface area contributed by atoms with Gasteiger partial charge in [0, 0.05) is 13.7 Å². The number of rotatable bonds is 1. The van der Waals surface area contributed by atoms with Gasteiger partial charge in [0.15, 0.2) is 0 Å². The third kappa shape index (κ3) is 1.12. The molecule has 41 valence electrons. The van der Waals surface area contributed by atoms with Crippen molar-refractivity contribution in [3.63, 3.8) is 0 Å². The Labute approximate surface area is 43.0 Å². The maximum absolute atomic E-state index is 4.93. The molecule has 0 saturated carbocycles. The average Bonchev–Trinajstić information content (AvgIpc) is 2.14. The first-order chi connectivity index (χ1) is 3.43. The molecule has 0 aromatic carbocycles. The minimum atomic E-state index is 0.250. The van der Waals surface area contributed by atoms with E-state index < -0.39 is 0 Å². The summed E-state index contributed by atoms with van der Waals surface area (Å²) in [5, 5.41) is 0. The Hall–Kier alpha value is -0.120. The maximum Gasteiger partial charge on any atom is 0.0892 e. The molecule has 1 unspecified atom stereocenters. The van der Waals surface area contributed by atoms with E-state index in [2.05, 4.69) is 10.9 Å². The van der Waals surface area contributed by atoms with Crippen molar-refractivity contribution < 1.29 is 4.74 Å². The summed E-state index contributed by atoms with van der Waals surface area (Å²) in [5.74, 6) is 0. The van der Waals surface area contributed by atoms with E-state index in [-0.39, 0.29) is 6.10 Å². The highest BCUT2D eigenvalue weighted by atomic mass is 16.5. The van der Waals surface area contributed by atoms with Crippen LogP contribution in [0.4, 0.5) is 0 Å². The minimum Gasteiger partial charge on any atom is -0.378 e. The summed E-state index contributed by atoms with van der Waals surface area (Å²) in [4.78, 5) is 0. The zero-order chi connectivity index (χ0) is 5.11. The molecule has 1 rings (SSSR count). The third-order valence-corrected chi connectivity index (χ3v) is 0.977. The highest BCUT2D eigenvalue weighted by Gasteiger charge is 2.11. The normalized spacial score (nSPS) is 23.6. The monoisotopic (exact) mass is 101 g/mol. The van der Waals surface area contributed by atoms with Crippen LogP contribution in [-0.2, 0) is 4.74 Å². The van der Waals surface area contributed by atoms with Crippen molar-refractivity contribution in [3.05, 3.63) is 6.54 Å². The Morgan fingerprint density at radius 2 is 2.71 bits per heavy atom. The molecule has 1 radical (unpaired) electrons. The molecule has 0 aromatic rings. The summed E-state index contributed by atoms with van der Waals surface area (Å²) >= 11 is 0. The molecule has 7 heavy (non-hydrogen) atoms. The molecule has 1 fully saturated rings. The quantitative estimate of drug-likeness (QED) is 0.457. The SMILES string of the molecule is COC1[CH]NNC1. The van der Waals surface area contributed by atoms with Crippen LogP contribution in [0.1, 0.15) is 0 Å². The van der Waals surface area contributed by atoms with E-state index in [9.17, 15) is 0 Å². The predicted octanol–water partition coefficient (Wildman–Crippen LogP) is -0.729. The Morgan fingerprint density at radius 3 is 3.00 bits per heavy atom. The Bertz CT molecular complexity index is 51.7. The number of hydrazine groups is 1. The summed E-state index contributed by atoms with van der Waals surface area (Å²) in [5.41, 5.74) is 5.72. The van der Waals surface area contributed by atoms with Gasteiger partial charge in [-0.05, 0) is 0 Å². The van der Waals surface area contributed by atoms with Gasteiger partial charge >= 0.3 is 0 Å². The molecule has 1 heterocycles. The van der Waals surface area contributed by atoms with Gasteiger partial charge in [0.25, 0.3) is 0 Å². The van der Waals surface area contributed by atoms with E-state index in [1.165, 1.54) is 0 Å². The molecule has 0 spiro atoms. The van der Waals surface area contributed by atoms with Gasteiger partial charge in [-0.25, -0.2) is 0 Å². The second-order valence-corrected chi connectivity index (χ2v) is 1.47. The van der Waals surface area contributed by atoms with Gasteiger partial charge < -0.3 is 4.74 Å². The number of methoxy groups -OCH3 is 1. The average molecular weight is 101 g/mol. The van der Waals surface area contributed by atoms with Crippen LogP contribution in [0.3, 0.4) is 0 Å². The van der Waals surface area contributed by atoms with E-state index in [1.54, 1.807) is 7.11 Å². The fourth-order valence-corrected chi connectivity index (χ4v) is 0.522. The molecular formula is C4H9N2O. The lowest BCUT2D eigenvalue weighted by Gasteiger charge is -1.99. The predicted molar refractivity (Wildman–Crippen MR) is 26.2 cm³/mol. The Morgan fingerprint density at radius 1 is 1.86 bits per heavy atom. The van der Waals surface area contributed by atoms with E-state index in [4.69, 9.17) is 4.74 Å². The highest BCUT2D eigenvalue weighted by Crippen LogP contribution is 1.93. The topological polar surface area (TPSA) is 33.3 Å². The van der Waals surface area contributed by atoms with Gasteiger partial charge in [-0.2, -0.15) is 0 Å². The van der Waals surface area contributed by atoms with E-state index >= 15 is 0 Å². The molecule has 1 atom stereocenters. The number of ether oxygens (including phenoxy) is 1. The van der Waals surface area contributed by atoms with Crippen LogP contribution < -0.4 is 10.9 Å². The van der Waals surface area contributed by atoms with Gasteiger partial charge in [0.1, 0.15) is 0 Å². The second kappa shape index (κ2) is 2.26. The van der Waals surface area contributed by atoms with Crippen LogP contribution in [-0.4, -0.2) is 19.8 Å². The van der Waals surface area contributed by atoms with Gasteiger partial charge in [0.2, 0.25) is 0 Å². The van der Waals surface area contributed by atoms with Crippen molar-refractivity contribution in [1.29, 1.82) is 0 Å².